The van der Waals surface area contributed by atoms with E-state index in [4.69, 9.17) is 0 Å². The van der Waals surface area contributed by atoms with Crippen LogP contribution in [0.5, 0.6) is 0 Å². The number of benzene rings is 2. The fraction of sp³-hybridized carbons (Fsp3) is 0.448. The first kappa shape index (κ1) is 21.6. The van der Waals surface area contributed by atoms with Crippen LogP contribution in [0.25, 0.3) is 10.8 Å². The molecule has 1 aliphatic carbocycles. The molecule has 0 spiro atoms. The third-order valence-electron chi connectivity index (χ3n) is 7.23. The Kier molecular flexibility index (Phi) is 7.17. The number of rotatable bonds is 5. The van der Waals surface area contributed by atoms with Gasteiger partial charge in [-0.3, -0.25) is 0 Å². The molecular weight excluding hydrogens is 348 g/mol. The van der Waals surface area contributed by atoms with Crippen molar-refractivity contribution < 1.29 is 0 Å². The van der Waals surface area contributed by atoms with Gasteiger partial charge in [-0.25, -0.2) is 0 Å². The predicted molar refractivity (Wildman–Crippen MR) is 129 cm³/mol. The Labute approximate surface area is 178 Å². The summed E-state index contributed by atoms with van der Waals surface area (Å²) in [4.78, 5) is 0. The smallest absolute Gasteiger partial charge is 0.0137 e. The molecule has 0 radical (unpaired) electrons. The van der Waals surface area contributed by atoms with Crippen LogP contribution in [-0.4, -0.2) is 0 Å². The van der Waals surface area contributed by atoms with Gasteiger partial charge in [-0.05, 0) is 100.0 Å². The van der Waals surface area contributed by atoms with Gasteiger partial charge in [-0.2, -0.15) is 0 Å². The van der Waals surface area contributed by atoms with Crippen LogP contribution in [-0.2, 0) is 6.42 Å². The lowest BCUT2D eigenvalue weighted by Gasteiger charge is -2.30. The highest BCUT2D eigenvalue weighted by Gasteiger charge is 2.25. The zero-order valence-electron chi connectivity index (χ0n) is 19.1. The van der Waals surface area contributed by atoms with Crippen LogP contribution >= 0.6 is 0 Å². The first-order valence-electron chi connectivity index (χ1n) is 11.4. The molecule has 2 unspecified atom stereocenters. The van der Waals surface area contributed by atoms with E-state index >= 15 is 0 Å². The summed E-state index contributed by atoms with van der Waals surface area (Å²) in [6.45, 7) is 16.0. The van der Waals surface area contributed by atoms with Gasteiger partial charge in [0.15, 0.2) is 0 Å². The lowest BCUT2D eigenvalue weighted by atomic mass is 9.75. The van der Waals surface area contributed by atoms with Crippen molar-refractivity contribution in [2.45, 2.75) is 73.1 Å². The van der Waals surface area contributed by atoms with Gasteiger partial charge in [0, 0.05) is 0 Å². The average Bonchev–Trinajstić information content (AvgIpc) is 2.78. The third kappa shape index (κ3) is 5.10. The van der Waals surface area contributed by atoms with E-state index in [1.165, 1.54) is 64.3 Å². The molecule has 154 valence electrons. The van der Waals surface area contributed by atoms with E-state index < -0.39 is 0 Å². The molecule has 0 heteroatoms. The maximum Gasteiger partial charge on any atom is -0.0137 e. The zero-order valence-corrected chi connectivity index (χ0v) is 19.1. The van der Waals surface area contributed by atoms with Crippen molar-refractivity contribution in [3.05, 3.63) is 82.5 Å². The minimum atomic E-state index is 0.568. The standard InChI is InChI=1S/C29H38/c1-7-21(3)29(26-14-12-20(2)18-23(5)22(4)13-15-26)19-27-17-16-25-10-8-9-11-28(25)24(27)6/h8-11,16-18,26,29H,3,7,12-15,19H2,1-2,4-6H3/b20-18+,23-22-. The number of hydrogen-bond donors (Lipinski definition) is 0. The van der Waals surface area contributed by atoms with E-state index in [9.17, 15) is 0 Å². The molecule has 0 saturated carbocycles. The summed E-state index contributed by atoms with van der Waals surface area (Å²) in [7, 11) is 0. The van der Waals surface area contributed by atoms with Crippen LogP contribution in [0.1, 0.15) is 70.9 Å². The zero-order chi connectivity index (χ0) is 21.0. The molecule has 0 N–H and O–H groups in total. The second kappa shape index (κ2) is 9.61. The molecular formula is C29H38. The van der Waals surface area contributed by atoms with Gasteiger partial charge in [0.2, 0.25) is 0 Å². The maximum atomic E-state index is 4.54. The molecule has 2 aromatic carbocycles. The van der Waals surface area contributed by atoms with Gasteiger partial charge in [0.05, 0.1) is 0 Å². The summed E-state index contributed by atoms with van der Waals surface area (Å²) in [5.74, 6) is 1.27. The van der Waals surface area contributed by atoms with Gasteiger partial charge in [-0.1, -0.05) is 78.3 Å². The summed E-state index contributed by atoms with van der Waals surface area (Å²) < 4.78 is 0. The van der Waals surface area contributed by atoms with Crippen molar-refractivity contribution in [3.63, 3.8) is 0 Å². The Morgan fingerprint density at radius 1 is 1.00 bits per heavy atom. The molecule has 0 amide bonds. The van der Waals surface area contributed by atoms with Crippen molar-refractivity contribution in [3.8, 4) is 0 Å². The fourth-order valence-corrected chi connectivity index (χ4v) is 4.96. The molecule has 29 heavy (non-hydrogen) atoms. The van der Waals surface area contributed by atoms with Gasteiger partial charge < -0.3 is 0 Å². The van der Waals surface area contributed by atoms with E-state index in [0.29, 0.717) is 11.8 Å². The summed E-state index contributed by atoms with van der Waals surface area (Å²) in [6.07, 6.45) is 9.59. The largest absolute Gasteiger partial charge is 0.0996 e. The highest BCUT2D eigenvalue weighted by atomic mass is 14.3. The molecule has 0 nitrogen and oxygen atoms in total. The number of aryl methyl sites for hydroxylation is 1. The Balaban J connectivity index is 1.91. The first-order chi connectivity index (χ1) is 13.9. The van der Waals surface area contributed by atoms with Crippen molar-refractivity contribution in [2.24, 2.45) is 11.8 Å². The molecule has 0 fully saturated rings. The van der Waals surface area contributed by atoms with Crippen LogP contribution in [0.2, 0.25) is 0 Å². The Morgan fingerprint density at radius 3 is 2.48 bits per heavy atom. The Hall–Kier alpha value is -2.08. The van der Waals surface area contributed by atoms with E-state index in [0.717, 1.165) is 12.8 Å². The molecule has 0 aromatic heterocycles. The molecule has 2 aromatic rings. The SMILES string of the molecule is C=C(CC)C(Cc1ccc2ccccc2c1C)C1CC/C(C)=C(C)\C=C(/C)CC1. The minimum Gasteiger partial charge on any atom is -0.0996 e. The minimum absolute atomic E-state index is 0.568. The van der Waals surface area contributed by atoms with Crippen LogP contribution in [0, 0.1) is 18.8 Å². The molecule has 1 aliphatic rings. The van der Waals surface area contributed by atoms with Crippen LogP contribution < -0.4 is 0 Å². The number of hydrogen-bond acceptors (Lipinski definition) is 0. The molecule has 0 heterocycles. The maximum absolute atomic E-state index is 4.54. The normalized spacial score (nSPS) is 23.6. The summed E-state index contributed by atoms with van der Waals surface area (Å²) >= 11 is 0. The van der Waals surface area contributed by atoms with Gasteiger partial charge >= 0.3 is 0 Å². The lowest BCUT2D eigenvalue weighted by Crippen LogP contribution is -2.20. The number of fused-ring (bicyclic) bond motifs is 1. The number of allylic oxidation sites excluding steroid dienone is 5. The molecule has 3 rings (SSSR count). The molecule has 0 saturated heterocycles. The monoisotopic (exact) mass is 386 g/mol. The Morgan fingerprint density at radius 2 is 1.72 bits per heavy atom. The molecule has 0 bridgehead atoms. The van der Waals surface area contributed by atoms with Gasteiger partial charge in [-0.15, -0.1) is 0 Å². The summed E-state index contributed by atoms with van der Waals surface area (Å²) in [6, 6.07) is 13.4. The average molecular weight is 387 g/mol. The second-order valence-electron chi connectivity index (χ2n) is 9.18. The van der Waals surface area contributed by atoms with Crippen molar-refractivity contribution >= 4 is 10.8 Å². The highest BCUT2D eigenvalue weighted by molar-refractivity contribution is 5.86. The van der Waals surface area contributed by atoms with Gasteiger partial charge in [0.1, 0.15) is 0 Å². The van der Waals surface area contributed by atoms with Crippen LogP contribution in [0.3, 0.4) is 0 Å². The van der Waals surface area contributed by atoms with E-state index in [1.54, 1.807) is 5.57 Å². The van der Waals surface area contributed by atoms with Crippen LogP contribution in [0.4, 0.5) is 0 Å². The summed E-state index contributed by atoms with van der Waals surface area (Å²) in [5, 5.41) is 2.74. The van der Waals surface area contributed by atoms with Crippen molar-refractivity contribution in [1.82, 2.24) is 0 Å². The van der Waals surface area contributed by atoms with E-state index in [-0.39, 0.29) is 0 Å². The topological polar surface area (TPSA) is 0 Å². The van der Waals surface area contributed by atoms with E-state index in [1.807, 2.05) is 0 Å². The predicted octanol–water partition coefficient (Wildman–Crippen LogP) is 8.75. The van der Waals surface area contributed by atoms with Crippen LogP contribution in [0.15, 0.2) is 71.3 Å². The fourth-order valence-electron chi connectivity index (χ4n) is 4.96. The quantitative estimate of drug-likeness (QED) is 0.450. The molecule has 0 aliphatic heterocycles. The van der Waals surface area contributed by atoms with E-state index in [2.05, 4.69) is 83.7 Å². The second-order valence-corrected chi connectivity index (χ2v) is 9.18. The Bertz CT molecular complexity index is 938. The van der Waals surface area contributed by atoms with Crippen molar-refractivity contribution in [1.29, 1.82) is 0 Å². The van der Waals surface area contributed by atoms with Crippen molar-refractivity contribution in [2.75, 3.05) is 0 Å². The lowest BCUT2D eigenvalue weighted by molar-refractivity contribution is 0.325. The van der Waals surface area contributed by atoms with Gasteiger partial charge in [0.25, 0.3) is 0 Å². The summed E-state index contributed by atoms with van der Waals surface area (Å²) in [5.41, 5.74) is 8.93. The first-order valence-corrected chi connectivity index (χ1v) is 11.4. The third-order valence-corrected chi connectivity index (χ3v) is 7.23. The highest BCUT2D eigenvalue weighted by Crippen LogP contribution is 2.37. The molecule has 2 atom stereocenters.